The lowest BCUT2D eigenvalue weighted by atomic mass is 9.64. The van der Waals surface area contributed by atoms with Crippen molar-refractivity contribution in [3.05, 3.63) is 35.4 Å². The Balaban J connectivity index is 1.85. The van der Waals surface area contributed by atoms with Gasteiger partial charge >= 0.3 is 11.9 Å². The molecular formula is C31H46O5. The highest BCUT2D eigenvalue weighted by Crippen LogP contribution is 2.48. The van der Waals surface area contributed by atoms with E-state index in [4.69, 9.17) is 14.2 Å². The minimum absolute atomic E-state index is 0.0532. The highest BCUT2D eigenvalue weighted by molar-refractivity contribution is 6.17. The monoisotopic (exact) mass is 498 g/mol. The summed E-state index contributed by atoms with van der Waals surface area (Å²) in [5.41, 5.74) is 0.910. The number of carbonyl (C=O) groups excluding carboxylic acids is 2. The Hall–Kier alpha value is -2.30. The lowest BCUT2D eigenvalue weighted by Crippen LogP contribution is -2.40. The van der Waals surface area contributed by atoms with E-state index in [1.165, 1.54) is 0 Å². The van der Waals surface area contributed by atoms with E-state index in [1.54, 1.807) is 25.3 Å². The average Bonchev–Trinajstić information content (AvgIpc) is 2.67. The Morgan fingerprint density at radius 3 is 1.39 bits per heavy atom. The molecule has 5 nitrogen and oxygen atoms in total. The second-order valence-electron chi connectivity index (χ2n) is 14.2. The molecule has 0 spiro atoms. The van der Waals surface area contributed by atoms with Crippen molar-refractivity contribution in [3.63, 3.8) is 0 Å². The zero-order valence-electron chi connectivity index (χ0n) is 23.8. The summed E-state index contributed by atoms with van der Waals surface area (Å²) in [6.45, 7) is 17.7. The molecule has 200 valence electrons. The van der Waals surface area contributed by atoms with Crippen molar-refractivity contribution in [2.45, 2.75) is 106 Å². The highest BCUT2D eigenvalue weighted by Gasteiger charge is 2.42. The van der Waals surface area contributed by atoms with E-state index in [0.29, 0.717) is 11.3 Å². The quantitative estimate of drug-likeness (QED) is 0.177. The van der Waals surface area contributed by atoms with Gasteiger partial charge in [0.25, 0.3) is 0 Å². The van der Waals surface area contributed by atoms with Crippen LogP contribution in [-0.2, 0) is 19.1 Å². The van der Waals surface area contributed by atoms with Crippen LogP contribution >= 0.6 is 0 Å². The van der Waals surface area contributed by atoms with E-state index >= 15 is 0 Å². The molecule has 36 heavy (non-hydrogen) atoms. The molecule has 1 aromatic carbocycles. The van der Waals surface area contributed by atoms with Crippen LogP contribution in [0.1, 0.15) is 99.5 Å². The Morgan fingerprint density at radius 2 is 1.06 bits per heavy atom. The minimum atomic E-state index is -0.608. The van der Waals surface area contributed by atoms with Crippen LogP contribution in [-0.4, -0.2) is 31.3 Å². The van der Waals surface area contributed by atoms with Crippen LogP contribution in [0.25, 0.3) is 6.08 Å². The summed E-state index contributed by atoms with van der Waals surface area (Å²) in [5, 5.41) is 0. The first-order valence-electron chi connectivity index (χ1n) is 13.3. The summed E-state index contributed by atoms with van der Waals surface area (Å²) in [4.78, 5) is 27.0. The summed E-state index contributed by atoms with van der Waals surface area (Å²) in [5.74, 6) is -0.510. The van der Waals surface area contributed by atoms with Crippen molar-refractivity contribution in [2.24, 2.45) is 21.7 Å². The minimum Gasteiger partial charge on any atom is -0.497 e. The van der Waals surface area contributed by atoms with Crippen LogP contribution in [0, 0.1) is 21.7 Å². The third-order valence-corrected chi connectivity index (χ3v) is 7.45. The number of ether oxygens (including phenoxy) is 3. The van der Waals surface area contributed by atoms with Gasteiger partial charge in [0.05, 0.1) is 7.11 Å². The molecule has 0 saturated heterocycles. The molecule has 5 heteroatoms. The molecule has 0 bridgehead atoms. The van der Waals surface area contributed by atoms with Gasteiger partial charge in [-0.05, 0) is 84.0 Å². The van der Waals surface area contributed by atoms with Crippen LogP contribution < -0.4 is 4.74 Å². The number of hydrogen-bond acceptors (Lipinski definition) is 5. The first kappa shape index (κ1) is 28.3. The Morgan fingerprint density at radius 1 is 0.694 bits per heavy atom. The average molecular weight is 499 g/mol. The van der Waals surface area contributed by atoms with Gasteiger partial charge in [-0.1, -0.05) is 67.5 Å². The van der Waals surface area contributed by atoms with Gasteiger partial charge in [-0.3, -0.25) is 0 Å². The summed E-state index contributed by atoms with van der Waals surface area (Å²) in [6.07, 6.45) is 6.34. The van der Waals surface area contributed by atoms with Gasteiger partial charge in [0.1, 0.15) is 23.5 Å². The third-order valence-electron chi connectivity index (χ3n) is 7.45. The number of methoxy groups -OCH3 is 1. The van der Waals surface area contributed by atoms with Crippen LogP contribution in [0.5, 0.6) is 5.75 Å². The highest BCUT2D eigenvalue weighted by atomic mass is 16.6. The molecule has 0 amide bonds. The van der Waals surface area contributed by atoms with Crippen molar-refractivity contribution < 1.29 is 23.8 Å². The van der Waals surface area contributed by atoms with Crippen LogP contribution in [0.2, 0.25) is 0 Å². The van der Waals surface area contributed by atoms with Gasteiger partial charge in [0.15, 0.2) is 0 Å². The first-order chi connectivity index (χ1) is 16.5. The molecule has 3 rings (SSSR count). The smallest absolute Gasteiger partial charge is 0.345 e. The zero-order chi connectivity index (χ0) is 26.9. The normalized spacial score (nSPS) is 22.8. The second-order valence-corrected chi connectivity index (χ2v) is 14.2. The second kappa shape index (κ2) is 10.2. The fourth-order valence-corrected chi connectivity index (χ4v) is 7.15. The number of benzene rings is 1. The largest absolute Gasteiger partial charge is 0.497 e. The zero-order valence-corrected chi connectivity index (χ0v) is 23.8. The Bertz CT molecular complexity index is 895. The van der Waals surface area contributed by atoms with Crippen LogP contribution in [0.3, 0.4) is 0 Å². The van der Waals surface area contributed by atoms with Gasteiger partial charge in [0, 0.05) is 0 Å². The van der Waals surface area contributed by atoms with E-state index in [1.807, 2.05) is 12.1 Å². The topological polar surface area (TPSA) is 61.8 Å². The fourth-order valence-electron chi connectivity index (χ4n) is 7.15. The summed E-state index contributed by atoms with van der Waals surface area (Å²) in [7, 11) is 1.60. The van der Waals surface area contributed by atoms with Crippen molar-refractivity contribution in [2.75, 3.05) is 7.11 Å². The molecule has 0 aliphatic heterocycles. The Kier molecular flexibility index (Phi) is 8.03. The SMILES string of the molecule is COc1ccc(C=C(C(=O)OC2CC(C)(C)CC(C)(C)C2)C(=O)OC2CC(C)(C)CC(C)(C)C2)cc1. The van der Waals surface area contributed by atoms with E-state index in [0.717, 1.165) is 38.5 Å². The Labute approximate surface area is 218 Å². The van der Waals surface area contributed by atoms with Gasteiger partial charge in [-0.2, -0.15) is 0 Å². The molecule has 0 aromatic heterocycles. The van der Waals surface area contributed by atoms with Crippen LogP contribution in [0.4, 0.5) is 0 Å². The lowest BCUT2D eigenvalue weighted by Gasteiger charge is -2.44. The molecule has 1 aromatic rings. The maximum atomic E-state index is 13.5. The molecule has 0 radical (unpaired) electrons. The first-order valence-corrected chi connectivity index (χ1v) is 13.3. The van der Waals surface area contributed by atoms with Crippen molar-refractivity contribution in [1.82, 2.24) is 0 Å². The summed E-state index contributed by atoms with van der Waals surface area (Å²) in [6, 6.07) is 7.25. The lowest BCUT2D eigenvalue weighted by molar-refractivity contribution is -0.158. The summed E-state index contributed by atoms with van der Waals surface area (Å²) >= 11 is 0. The standard InChI is InChI=1S/C31H46O5/c1-28(2)15-23(16-29(3,4)19-28)35-26(32)25(14-21-10-12-22(34-9)13-11-21)27(33)36-24-17-30(5,6)20-31(7,8)18-24/h10-14,23-24H,15-20H2,1-9H3. The van der Waals surface area contributed by atoms with E-state index < -0.39 is 11.9 Å². The fraction of sp³-hybridized carbons (Fsp3) is 0.677. The van der Waals surface area contributed by atoms with Gasteiger partial charge < -0.3 is 14.2 Å². The molecule has 2 saturated carbocycles. The van der Waals surface area contributed by atoms with E-state index in [-0.39, 0.29) is 39.4 Å². The van der Waals surface area contributed by atoms with Crippen molar-refractivity contribution in [1.29, 1.82) is 0 Å². The predicted octanol–water partition coefficient (Wildman–Crippen LogP) is 7.37. The van der Waals surface area contributed by atoms with E-state index in [2.05, 4.69) is 55.4 Å². The van der Waals surface area contributed by atoms with Crippen molar-refractivity contribution >= 4 is 18.0 Å². The maximum Gasteiger partial charge on any atom is 0.345 e. The van der Waals surface area contributed by atoms with Gasteiger partial charge in [-0.15, -0.1) is 0 Å². The number of hydrogen-bond donors (Lipinski definition) is 0. The number of rotatable bonds is 6. The molecule has 0 N–H and O–H groups in total. The molecule has 2 aliphatic rings. The molecule has 2 aliphatic carbocycles. The number of esters is 2. The predicted molar refractivity (Wildman–Crippen MR) is 144 cm³/mol. The molecule has 0 unspecified atom stereocenters. The van der Waals surface area contributed by atoms with E-state index in [9.17, 15) is 9.59 Å². The number of carbonyl (C=O) groups is 2. The molecule has 0 atom stereocenters. The molecular weight excluding hydrogens is 452 g/mol. The summed E-state index contributed by atoms with van der Waals surface area (Å²) < 4.78 is 17.2. The van der Waals surface area contributed by atoms with Gasteiger partial charge in [-0.25, -0.2) is 9.59 Å². The van der Waals surface area contributed by atoms with Crippen molar-refractivity contribution in [3.8, 4) is 5.75 Å². The van der Waals surface area contributed by atoms with Crippen LogP contribution in [0.15, 0.2) is 29.8 Å². The molecule has 2 fully saturated rings. The maximum absolute atomic E-state index is 13.5. The third kappa shape index (κ3) is 7.85. The molecule has 0 heterocycles. The van der Waals surface area contributed by atoms with Gasteiger partial charge in [0.2, 0.25) is 0 Å².